The van der Waals surface area contributed by atoms with Crippen LogP contribution in [0.25, 0.3) is 0 Å². The average molecular weight is 281 g/mol. The van der Waals surface area contributed by atoms with E-state index in [1.165, 1.54) is 0 Å². The van der Waals surface area contributed by atoms with Gasteiger partial charge in [0.05, 0.1) is 12.2 Å². The van der Waals surface area contributed by atoms with Crippen LogP contribution >= 0.6 is 0 Å². The Morgan fingerprint density at radius 1 is 1.15 bits per heavy atom. The topological polar surface area (TPSA) is 50.7 Å². The number of benzene rings is 1. The first kappa shape index (κ1) is 16.8. The minimum Gasteiger partial charge on any atom is -0.490 e. The molecule has 1 rings (SSSR count). The van der Waals surface area contributed by atoms with E-state index in [9.17, 15) is 5.11 Å². The van der Waals surface area contributed by atoms with E-state index in [1.807, 2.05) is 46.0 Å². The van der Waals surface area contributed by atoms with E-state index in [2.05, 4.69) is 5.32 Å². The zero-order valence-electron chi connectivity index (χ0n) is 13.0. The van der Waals surface area contributed by atoms with Crippen molar-refractivity contribution >= 4 is 0 Å². The molecule has 0 aliphatic rings. The van der Waals surface area contributed by atoms with E-state index in [4.69, 9.17) is 9.47 Å². The minimum atomic E-state index is -0.782. The highest BCUT2D eigenvalue weighted by molar-refractivity contribution is 5.46. The number of ether oxygens (including phenoxy) is 2. The second-order valence-electron chi connectivity index (χ2n) is 4.93. The summed E-state index contributed by atoms with van der Waals surface area (Å²) in [6, 6.07) is 5.86. The Bertz CT molecular complexity index is 378. The first-order valence-electron chi connectivity index (χ1n) is 7.34. The van der Waals surface area contributed by atoms with E-state index in [0.717, 1.165) is 17.1 Å². The maximum absolute atomic E-state index is 10.4. The summed E-state index contributed by atoms with van der Waals surface area (Å²) in [4.78, 5) is 0. The lowest BCUT2D eigenvalue weighted by atomic mass is 9.99. The van der Waals surface area contributed by atoms with Gasteiger partial charge < -0.3 is 19.9 Å². The van der Waals surface area contributed by atoms with Crippen LogP contribution in [-0.2, 0) is 6.54 Å². The van der Waals surface area contributed by atoms with Gasteiger partial charge >= 0.3 is 0 Å². The molecule has 0 aromatic heterocycles. The van der Waals surface area contributed by atoms with E-state index < -0.39 is 5.60 Å². The molecule has 0 atom stereocenters. The van der Waals surface area contributed by atoms with Gasteiger partial charge in [0.1, 0.15) is 6.61 Å². The molecule has 1 aromatic rings. The van der Waals surface area contributed by atoms with Crippen molar-refractivity contribution in [3.05, 3.63) is 23.8 Å². The second-order valence-corrected chi connectivity index (χ2v) is 4.93. The summed E-state index contributed by atoms with van der Waals surface area (Å²) in [5, 5.41) is 13.5. The Balaban J connectivity index is 2.94. The van der Waals surface area contributed by atoms with Crippen molar-refractivity contribution in [3.8, 4) is 11.5 Å². The van der Waals surface area contributed by atoms with Gasteiger partial charge in [0.15, 0.2) is 11.5 Å². The number of hydrogen-bond acceptors (Lipinski definition) is 4. The van der Waals surface area contributed by atoms with Crippen molar-refractivity contribution in [1.29, 1.82) is 0 Å². The Kier molecular flexibility index (Phi) is 6.82. The van der Waals surface area contributed by atoms with Crippen LogP contribution in [0.1, 0.15) is 39.2 Å². The van der Waals surface area contributed by atoms with Crippen LogP contribution in [-0.4, -0.2) is 31.0 Å². The second kappa shape index (κ2) is 8.12. The van der Waals surface area contributed by atoms with Crippen LogP contribution in [0.2, 0.25) is 0 Å². The Hall–Kier alpha value is -1.26. The highest BCUT2D eigenvalue weighted by atomic mass is 16.5. The highest BCUT2D eigenvalue weighted by Gasteiger charge is 2.24. The van der Waals surface area contributed by atoms with Gasteiger partial charge in [-0.05, 0) is 32.9 Å². The van der Waals surface area contributed by atoms with Gasteiger partial charge in [0.25, 0.3) is 0 Å². The van der Waals surface area contributed by atoms with Gasteiger partial charge in [-0.15, -0.1) is 0 Å². The number of nitrogens with one attached hydrogen (secondary N) is 1. The molecule has 0 heterocycles. The third kappa shape index (κ3) is 4.39. The van der Waals surface area contributed by atoms with Crippen LogP contribution < -0.4 is 14.8 Å². The predicted molar refractivity (Wildman–Crippen MR) is 81.4 cm³/mol. The molecule has 114 valence electrons. The Morgan fingerprint density at radius 3 is 2.40 bits per heavy atom. The minimum absolute atomic E-state index is 0.279. The molecule has 0 amide bonds. The zero-order valence-corrected chi connectivity index (χ0v) is 13.0. The standard InChI is InChI=1S/C16H27NO3/c1-5-16(18,6-2)12-20-15-13(11-17-4)9-8-10-14(15)19-7-3/h8-10,17-18H,5-7,11-12H2,1-4H3. The molecule has 0 unspecified atom stereocenters. The van der Waals surface area contributed by atoms with Crippen LogP contribution in [0.4, 0.5) is 0 Å². The van der Waals surface area contributed by atoms with Gasteiger partial charge in [0.2, 0.25) is 0 Å². The molecule has 0 saturated carbocycles. The smallest absolute Gasteiger partial charge is 0.165 e. The largest absolute Gasteiger partial charge is 0.490 e. The molecule has 4 nitrogen and oxygen atoms in total. The summed E-state index contributed by atoms with van der Waals surface area (Å²) in [5.41, 5.74) is 0.254. The van der Waals surface area contributed by atoms with Crippen molar-refractivity contribution in [3.63, 3.8) is 0 Å². The van der Waals surface area contributed by atoms with Crippen molar-refractivity contribution in [1.82, 2.24) is 5.32 Å². The lowest BCUT2D eigenvalue weighted by Gasteiger charge is -2.26. The summed E-state index contributed by atoms with van der Waals surface area (Å²) in [7, 11) is 1.89. The Morgan fingerprint density at radius 2 is 1.85 bits per heavy atom. The molecule has 0 fully saturated rings. The van der Waals surface area contributed by atoms with E-state index in [0.29, 0.717) is 26.0 Å². The fraction of sp³-hybridized carbons (Fsp3) is 0.625. The summed E-state index contributed by atoms with van der Waals surface area (Å²) >= 11 is 0. The van der Waals surface area contributed by atoms with Gasteiger partial charge in [-0.3, -0.25) is 0 Å². The first-order chi connectivity index (χ1) is 9.60. The SMILES string of the molecule is CCOc1cccc(CNC)c1OCC(O)(CC)CC. The maximum atomic E-state index is 10.4. The molecule has 20 heavy (non-hydrogen) atoms. The third-order valence-corrected chi connectivity index (χ3v) is 3.53. The van der Waals surface area contributed by atoms with Crippen molar-refractivity contribution in [2.24, 2.45) is 0 Å². The number of hydrogen-bond donors (Lipinski definition) is 2. The molecule has 4 heteroatoms. The Labute approximate surface area is 122 Å². The summed E-state index contributed by atoms with van der Waals surface area (Å²) in [5.74, 6) is 1.46. The van der Waals surface area contributed by atoms with Crippen molar-refractivity contribution in [2.45, 2.75) is 45.8 Å². The first-order valence-corrected chi connectivity index (χ1v) is 7.34. The monoisotopic (exact) mass is 281 g/mol. The van der Waals surface area contributed by atoms with E-state index in [1.54, 1.807) is 0 Å². The van der Waals surface area contributed by atoms with Crippen LogP contribution in [0, 0.1) is 0 Å². The van der Waals surface area contributed by atoms with E-state index in [-0.39, 0.29) is 6.61 Å². The normalized spacial score (nSPS) is 11.4. The molecule has 0 aliphatic carbocycles. The molecule has 2 N–H and O–H groups in total. The van der Waals surface area contributed by atoms with Gasteiger partial charge in [-0.1, -0.05) is 26.0 Å². The van der Waals surface area contributed by atoms with Crippen molar-refractivity contribution in [2.75, 3.05) is 20.3 Å². The molecular weight excluding hydrogens is 254 g/mol. The number of para-hydroxylation sites is 1. The summed E-state index contributed by atoms with van der Waals surface area (Å²) in [6.07, 6.45) is 1.34. The van der Waals surface area contributed by atoms with Gasteiger partial charge in [0, 0.05) is 12.1 Å². The highest BCUT2D eigenvalue weighted by Crippen LogP contribution is 2.32. The number of aliphatic hydroxyl groups is 1. The fourth-order valence-electron chi connectivity index (χ4n) is 1.98. The van der Waals surface area contributed by atoms with E-state index >= 15 is 0 Å². The summed E-state index contributed by atoms with van der Waals surface area (Å²) in [6.45, 7) is 7.45. The van der Waals surface area contributed by atoms with Crippen molar-refractivity contribution < 1.29 is 14.6 Å². The van der Waals surface area contributed by atoms with Crippen LogP contribution in [0.15, 0.2) is 18.2 Å². The van der Waals surface area contributed by atoms with Crippen LogP contribution in [0.3, 0.4) is 0 Å². The maximum Gasteiger partial charge on any atom is 0.165 e. The quantitative estimate of drug-likeness (QED) is 0.731. The molecule has 0 saturated heterocycles. The fourth-order valence-corrected chi connectivity index (χ4v) is 1.98. The molecule has 1 aromatic carbocycles. The molecule has 0 aliphatic heterocycles. The third-order valence-electron chi connectivity index (χ3n) is 3.53. The molecular formula is C16H27NO3. The summed E-state index contributed by atoms with van der Waals surface area (Å²) < 4.78 is 11.5. The average Bonchev–Trinajstić information content (AvgIpc) is 2.47. The van der Waals surface area contributed by atoms with Crippen LogP contribution in [0.5, 0.6) is 11.5 Å². The lowest BCUT2D eigenvalue weighted by molar-refractivity contribution is -0.0123. The molecule has 0 bridgehead atoms. The molecule has 0 spiro atoms. The van der Waals surface area contributed by atoms with Gasteiger partial charge in [-0.25, -0.2) is 0 Å². The predicted octanol–water partition coefficient (Wildman–Crippen LogP) is 2.73. The van der Waals surface area contributed by atoms with Gasteiger partial charge in [-0.2, -0.15) is 0 Å². The number of rotatable bonds is 9. The molecule has 0 radical (unpaired) electrons. The zero-order chi connectivity index (χ0) is 15.0. The lowest BCUT2D eigenvalue weighted by Crippen LogP contribution is -2.34.